The van der Waals surface area contributed by atoms with Gasteiger partial charge in [-0.25, -0.2) is 4.98 Å². The predicted molar refractivity (Wildman–Crippen MR) is 56.0 cm³/mol. The van der Waals surface area contributed by atoms with Crippen molar-refractivity contribution in [3.05, 3.63) is 17.6 Å². The van der Waals surface area contributed by atoms with Crippen LogP contribution in [-0.4, -0.2) is 29.3 Å². The predicted octanol–water partition coefficient (Wildman–Crippen LogP) is 1.65. The molecule has 1 saturated heterocycles. The van der Waals surface area contributed by atoms with E-state index in [4.69, 9.17) is 9.47 Å². The van der Waals surface area contributed by atoms with Crippen molar-refractivity contribution < 1.29 is 9.47 Å². The normalized spacial score (nSPS) is 21.3. The molecule has 4 nitrogen and oxygen atoms in total. The van der Waals surface area contributed by atoms with E-state index in [-0.39, 0.29) is 6.10 Å². The smallest absolute Gasteiger partial charge is 0.217 e. The minimum absolute atomic E-state index is 0.146. The van der Waals surface area contributed by atoms with Gasteiger partial charge in [-0.05, 0) is 26.7 Å². The maximum Gasteiger partial charge on any atom is 0.217 e. The molecule has 4 heteroatoms. The van der Waals surface area contributed by atoms with Crippen LogP contribution in [0.15, 0.2) is 6.07 Å². The molecule has 15 heavy (non-hydrogen) atoms. The second-order valence-corrected chi connectivity index (χ2v) is 3.85. The second-order valence-electron chi connectivity index (χ2n) is 3.85. The molecule has 1 atom stereocenters. The van der Waals surface area contributed by atoms with Crippen LogP contribution in [0.2, 0.25) is 0 Å². The fourth-order valence-electron chi connectivity index (χ4n) is 1.72. The summed E-state index contributed by atoms with van der Waals surface area (Å²) in [6, 6.07) is 1.86. The molecule has 0 N–H and O–H groups in total. The van der Waals surface area contributed by atoms with Crippen LogP contribution in [-0.2, 0) is 4.74 Å². The first-order chi connectivity index (χ1) is 7.24. The average molecular weight is 208 g/mol. The number of ether oxygens (including phenoxy) is 2. The molecule has 0 radical (unpaired) electrons. The molecule has 82 valence electrons. The highest BCUT2D eigenvalue weighted by molar-refractivity contribution is 5.15. The fraction of sp³-hybridized carbons (Fsp3) is 0.636. The van der Waals surface area contributed by atoms with Gasteiger partial charge in [0, 0.05) is 18.4 Å². The van der Waals surface area contributed by atoms with Gasteiger partial charge in [0.15, 0.2) is 0 Å². The lowest BCUT2D eigenvalue weighted by Gasteiger charge is -2.22. The Morgan fingerprint density at radius 1 is 1.40 bits per heavy atom. The van der Waals surface area contributed by atoms with Crippen LogP contribution in [0.3, 0.4) is 0 Å². The molecule has 0 bridgehead atoms. The number of rotatable bonds is 2. The van der Waals surface area contributed by atoms with Crippen molar-refractivity contribution in [2.24, 2.45) is 0 Å². The summed E-state index contributed by atoms with van der Waals surface area (Å²) in [4.78, 5) is 8.44. The summed E-state index contributed by atoms with van der Waals surface area (Å²) < 4.78 is 11.1. The Hall–Kier alpha value is -1.16. The van der Waals surface area contributed by atoms with Crippen molar-refractivity contribution in [2.45, 2.75) is 32.8 Å². The van der Waals surface area contributed by atoms with Gasteiger partial charge in [0.1, 0.15) is 11.9 Å². The zero-order chi connectivity index (χ0) is 10.7. The Labute approximate surface area is 89.6 Å². The van der Waals surface area contributed by atoms with E-state index in [0.29, 0.717) is 12.5 Å². The van der Waals surface area contributed by atoms with Crippen molar-refractivity contribution in [3.8, 4) is 5.88 Å². The van der Waals surface area contributed by atoms with E-state index in [9.17, 15) is 0 Å². The molecular formula is C11H16N2O2. The van der Waals surface area contributed by atoms with Gasteiger partial charge >= 0.3 is 0 Å². The number of hydrogen-bond acceptors (Lipinski definition) is 4. The zero-order valence-electron chi connectivity index (χ0n) is 9.19. The standard InChI is InChI=1S/C11H16N2O2/c1-8-6-11(13-9(2)12-8)15-10-4-3-5-14-7-10/h6,10H,3-5,7H2,1-2H3/t10-/m1/s1. The Morgan fingerprint density at radius 3 is 2.93 bits per heavy atom. The summed E-state index contributed by atoms with van der Waals surface area (Å²) in [6.45, 7) is 5.33. The maximum atomic E-state index is 5.74. The van der Waals surface area contributed by atoms with E-state index < -0.39 is 0 Å². The van der Waals surface area contributed by atoms with Gasteiger partial charge in [-0.2, -0.15) is 4.98 Å². The fourth-order valence-corrected chi connectivity index (χ4v) is 1.72. The molecule has 2 heterocycles. The molecule has 1 aromatic heterocycles. The van der Waals surface area contributed by atoms with Crippen LogP contribution in [0.4, 0.5) is 0 Å². The van der Waals surface area contributed by atoms with Gasteiger partial charge in [-0.15, -0.1) is 0 Å². The lowest BCUT2D eigenvalue weighted by atomic mass is 10.2. The second kappa shape index (κ2) is 4.57. The maximum absolute atomic E-state index is 5.74. The Morgan fingerprint density at radius 2 is 2.27 bits per heavy atom. The first kappa shape index (κ1) is 10.4. The summed E-state index contributed by atoms with van der Waals surface area (Å²) in [6.07, 6.45) is 2.25. The van der Waals surface area contributed by atoms with Gasteiger partial charge in [-0.3, -0.25) is 0 Å². The molecule has 0 aromatic carbocycles. The summed E-state index contributed by atoms with van der Waals surface area (Å²) in [5.41, 5.74) is 0.939. The zero-order valence-corrected chi connectivity index (χ0v) is 9.19. The van der Waals surface area contributed by atoms with Crippen molar-refractivity contribution in [1.29, 1.82) is 0 Å². The van der Waals surface area contributed by atoms with Crippen LogP contribution < -0.4 is 4.74 Å². The molecule has 0 saturated carbocycles. The monoisotopic (exact) mass is 208 g/mol. The van der Waals surface area contributed by atoms with Crippen LogP contribution >= 0.6 is 0 Å². The van der Waals surface area contributed by atoms with E-state index in [1.54, 1.807) is 0 Å². The average Bonchev–Trinajstić information content (AvgIpc) is 2.17. The summed E-state index contributed by atoms with van der Waals surface area (Å²) in [5, 5.41) is 0. The first-order valence-electron chi connectivity index (χ1n) is 5.31. The van der Waals surface area contributed by atoms with Crippen LogP contribution in [0, 0.1) is 13.8 Å². The van der Waals surface area contributed by atoms with Crippen molar-refractivity contribution in [3.63, 3.8) is 0 Å². The molecular weight excluding hydrogens is 192 g/mol. The SMILES string of the molecule is Cc1cc(O[C@@H]2CCCOC2)nc(C)n1. The molecule has 1 aliphatic rings. The highest BCUT2D eigenvalue weighted by Crippen LogP contribution is 2.15. The lowest BCUT2D eigenvalue weighted by Crippen LogP contribution is -2.28. The third-order valence-electron chi connectivity index (χ3n) is 2.35. The van der Waals surface area contributed by atoms with Gasteiger partial charge in [0.2, 0.25) is 5.88 Å². The number of aryl methyl sites for hydroxylation is 2. The number of hydrogen-bond donors (Lipinski definition) is 0. The van der Waals surface area contributed by atoms with Gasteiger partial charge in [0.05, 0.1) is 6.61 Å². The van der Waals surface area contributed by atoms with Crippen LogP contribution in [0.1, 0.15) is 24.4 Å². The highest BCUT2D eigenvalue weighted by atomic mass is 16.5. The van der Waals surface area contributed by atoms with Crippen molar-refractivity contribution in [2.75, 3.05) is 13.2 Å². The molecule has 2 rings (SSSR count). The Kier molecular flexibility index (Phi) is 3.16. The summed E-state index contributed by atoms with van der Waals surface area (Å²) in [7, 11) is 0. The number of nitrogens with zero attached hydrogens (tertiary/aromatic N) is 2. The molecule has 1 fully saturated rings. The van der Waals surface area contributed by atoms with E-state index in [2.05, 4.69) is 9.97 Å². The Balaban J connectivity index is 2.02. The molecule has 0 amide bonds. The topological polar surface area (TPSA) is 44.2 Å². The molecule has 0 spiro atoms. The van der Waals surface area contributed by atoms with Gasteiger partial charge < -0.3 is 9.47 Å². The number of aromatic nitrogens is 2. The molecule has 1 aliphatic heterocycles. The molecule has 0 aliphatic carbocycles. The van der Waals surface area contributed by atoms with E-state index in [1.165, 1.54) is 0 Å². The van der Waals surface area contributed by atoms with Crippen molar-refractivity contribution in [1.82, 2.24) is 9.97 Å². The minimum Gasteiger partial charge on any atom is -0.472 e. The van der Waals surface area contributed by atoms with Crippen LogP contribution in [0.25, 0.3) is 0 Å². The molecule has 1 aromatic rings. The molecule has 0 unspecified atom stereocenters. The Bertz CT molecular complexity index is 315. The van der Waals surface area contributed by atoms with Gasteiger partial charge in [0.25, 0.3) is 0 Å². The third-order valence-corrected chi connectivity index (χ3v) is 2.35. The van der Waals surface area contributed by atoms with Crippen LogP contribution in [0.5, 0.6) is 5.88 Å². The summed E-state index contributed by atoms with van der Waals surface area (Å²) >= 11 is 0. The van der Waals surface area contributed by atoms with Gasteiger partial charge in [-0.1, -0.05) is 0 Å². The van der Waals surface area contributed by atoms with Crippen molar-refractivity contribution >= 4 is 0 Å². The largest absolute Gasteiger partial charge is 0.472 e. The first-order valence-corrected chi connectivity index (χ1v) is 5.31. The summed E-state index contributed by atoms with van der Waals surface area (Å²) in [5.74, 6) is 1.41. The van der Waals surface area contributed by atoms with E-state index >= 15 is 0 Å². The lowest BCUT2D eigenvalue weighted by molar-refractivity contribution is 0.00534. The van der Waals surface area contributed by atoms with E-state index in [0.717, 1.165) is 31.0 Å². The van der Waals surface area contributed by atoms with E-state index in [1.807, 2.05) is 19.9 Å². The third kappa shape index (κ3) is 2.89. The quantitative estimate of drug-likeness (QED) is 0.741. The highest BCUT2D eigenvalue weighted by Gasteiger charge is 2.16. The minimum atomic E-state index is 0.146.